The number of aryl methyl sites for hydroxylation is 1. The van der Waals surface area contributed by atoms with Crippen LogP contribution in [0.5, 0.6) is 11.5 Å². The van der Waals surface area contributed by atoms with E-state index in [1.54, 1.807) is 0 Å². The number of phenolic OH excluding ortho intramolecular Hbond substituents is 2. The molecule has 0 fully saturated rings. The molecule has 0 unspecified atom stereocenters. The number of nitro benzene ring substituents is 1. The van der Waals surface area contributed by atoms with E-state index in [9.17, 15) is 29.9 Å². The minimum absolute atomic E-state index is 0.0965. The zero-order valence-corrected chi connectivity index (χ0v) is 12.3. The third-order valence-electron chi connectivity index (χ3n) is 3.06. The van der Waals surface area contributed by atoms with Gasteiger partial charge >= 0.3 is 5.69 Å². The molecule has 0 bridgehead atoms. The number of rotatable bonds is 4. The van der Waals surface area contributed by atoms with Crippen molar-refractivity contribution in [2.75, 3.05) is 0 Å². The molecule has 0 atom stereocenters. The quantitative estimate of drug-likeness (QED) is 0.421. The van der Waals surface area contributed by atoms with Crippen LogP contribution < -0.4 is 11.0 Å². The number of pyridine rings is 1. The van der Waals surface area contributed by atoms with Crippen molar-refractivity contribution in [3.05, 3.63) is 62.1 Å². The minimum Gasteiger partial charge on any atom is -0.507 e. The van der Waals surface area contributed by atoms with Gasteiger partial charge in [-0.2, -0.15) is 5.10 Å². The molecule has 0 spiro atoms. The molecular weight excluding hydrogens is 320 g/mol. The average Bonchev–Trinajstić information content (AvgIpc) is 2.51. The number of phenols is 2. The highest BCUT2D eigenvalue weighted by atomic mass is 16.6. The van der Waals surface area contributed by atoms with Gasteiger partial charge in [-0.25, -0.2) is 5.43 Å². The molecule has 1 amide bonds. The summed E-state index contributed by atoms with van der Waals surface area (Å²) in [5.41, 5.74) is 0.695. The SMILES string of the molecule is Cn1cccc(C(=O)N/N=C\c2cc([N+](=O)[O-])c(O)cc2O)c1=O. The lowest BCUT2D eigenvalue weighted by Gasteiger charge is -2.03. The highest BCUT2D eigenvalue weighted by Gasteiger charge is 2.16. The van der Waals surface area contributed by atoms with Crippen molar-refractivity contribution in [3.63, 3.8) is 0 Å². The van der Waals surface area contributed by atoms with Gasteiger partial charge in [-0.05, 0) is 12.1 Å². The van der Waals surface area contributed by atoms with Crippen LogP contribution in [0, 0.1) is 10.1 Å². The Labute approximate surface area is 134 Å². The number of hydrazone groups is 1. The fraction of sp³-hybridized carbons (Fsp3) is 0.0714. The lowest BCUT2D eigenvalue weighted by molar-refractivity contribution is -0.385. The number of amides is 1. The molecule has 0 aliphatic carbocycles. The van der Waals surface area contributed by atoms with Crippen LogP contribution in [0.1, 0.15) is 15.9 Å². The van der Waals surface area contributed by atoms with Gasteiger partial charge in [0.25, 0.3) is 11.5 Å². The van der Waals surface area contributed by atoms with E-state index in [-0.39, 0.29) is 11.1 Å². The fourth-order valence-corrected chi connectivity index (χ4v) is 1.82. The predicted molar refractivity (Wildman–Crippen MR) is 83.2 cm³/mol. The second-order valence-electron chi connectivity index (χ2n) is 4.69. The number of hydrogen-bond acceptors (Lipinski definition) is 7. The molecule has 10 heteroatoms. The van der Waals surface area contributed by atoms with Crippen molar-refractivity contribution >= 4 is 17.8 Å². The average molecular weight is 332 g/mol. The van der Waals surface area contributed by atoms with Crippen LogP contribution in [0.15, 0.2) is 40.4 Å². The van der Waals surface area contributed by atoms with E-state index in [4.69, 9.17) is 0 Å². The molecule has 124 valence electrons. The predicted octanol–water partition coefficient (Wildman–Crippen LogP) is 0.469. The Hall–Kier alpha value is -3.69. The van der Waals surface area contributed by atoms with Gasteiger partial charge in [-0.15, -0.1) is 0 Å². The number of carbonyl (C=O) groups excluding carboxylic acids is 1. The highest BCUT2D eigenvalue weighted by Crippen LogP contribution is 2.31. The third kappa shape index (κ3) is 3.38. The number of nitro groups is 1. The number of aromatic nitrogens is 1. The number of carbonyl (C=O) groups is 1. The molecule has 1 aromatic heterocycles. The Kier molecular flexibility index (Phi) is 4.59. The second kappa shape index (κ2) is 6.60. The first-order valence-corrected chi connectivity index (χ1v) is 6.50. The van der Waals surface area contributed by atoms with Gasteiger partial charge in [-0.1, -0.05) is 0 Å². The largest absolute Gasteiger partial charge is 0.507 e. The van der Waals surface area contributed by atoms with Crippen LogP contribution >= 0.6 is 0 Å². The van der Waals surface area contributed by atoms with Crippen molar-refractivity contribution in [1.82, 2.24) is 9.99 Å². The van der Waals surface area contributed by atoms with Gasteiger partial charge in [0.1, 0.15) is 11.3 Å². The Morgan fingerprint density at radius 3 is 2.75 bits per heavy atom. The Bertz CT molecular complexity index is 903. The standard InChI is InChI=1S/C14H12N4O6/c1-17-4-2-3-9(14(17)22)13(21)16-15-7-8-5-10(18(23)24)12(20)6-11(8)19/h2-7,19-20H,1H3,(H,16,21)/b15-7-. The van der Waals surface area contributed by atoms with Crippen molar-refractivity contribution in [2.24, 2.45) is 12.1 Å². The van der Waals surface area contributed by atoms with Gasteiger partial charge in [0.2, 0.25) is 0 Å². The molecule has 0 radical (unpaired) electrons. The van der Waals surface area contributed by atoms with E-state index < -0.39 is 33.6 Å². The normalized spacial score (nSPS) is 10.7. The van der Waals surface area contributed by atoms with Crippen LogP contribution in [0.2, 0.25) is 0 Å². The van der Waals surface area contributed by atoms with Crippen LogP contribution in [-0.2, 0) is 7.05 Å². The molecule has 1 heterocycles. The fourth-order valence-electron chi connectivity index (χ4n) is 1.82. The van der Waals surface area contributed by atoms with Crippen LogP contribution in [0.4, 0.5) is 5.69 Å². The Balaban J connectivity index is 2.22. The summed E-state index contributed by atoms with van der Waals surface area (Å²) in [4.78, 5) is 33.5. The first-order valence-electron chi connectivity index (χ1n) is 6.50. The molecule has 0 saturated heterocycles. The highest BCUT2D eigenvalue weighted by molar-refractivity contribution is 5.94. The third-order valence-corrected chi connectivity index (χ3v) is 3.06. The summed E-state index contributed by atoms with van der Waals surface area (Å²) >= 11 is 0. The molecule has 24 heavy (non-hydrogen) atoms. The zero-order valence-electron chi connectivity index (χ0n) is 12.3. The van der Waals surface area contributed by atoms with Gasteiger partial charge in [0.15, 0.2) is 5.75 Å². The lowest BCUT2D eigenvalue weighted by Crippen LogP contribution is -2.29. The van der Waals surface area contributed by atoms with E-state index in [1.807, 2.05) is 0 Å². The van der Waals surface area contributed by atoms with E-state index in [1.165, 1.54) is 29.9 Å². The molecule has 2 rings (SSSR count). The molecule has 2 aromatic rings. The second-order valence-corrected chi connectivity index (χ2v) is 4.69. The zero-order chi connectivity index (χ0) is 17.9. The van der Waals surface area contributed by atoms with Crippen molar-refractivity contribution in [2.45, 2.75) is 0 Å². The Morgan fingerprint density at radius 2 is 2.08 bits per heavy atom. The number of nitrogens with zero attached hydrogens (tertiary/aromatic N) is 3. The van der Waals surface area contributed by atoms with Crippen molar-refractivity contribution in [1.29, 1.82) is 0 Å². The van der Waals surface area contributed by atoms with E-state index >= 15 is 0 Å². The first-order chi connectivity index (χ1) is 11.3. The summed E-state index contributed by atoms with van der Waals surface area (Å²) in [6.45, 7) is 0. The lowest BCUT2D eigenvalue weighted by atomic mass is 10.2. The maximum atomic E-state index is 11.9. The minimum atomic E-state index is -0.835. The van der Waals surface area contributed by atoms with Crippen LogP contribution in [0.3, 0.4) is 0 Å². The smallest absolute Gasteiger partial charge is 0.311 e. The first kappa shape index (κ1) is 16.7. The summed E-state index contributed by atoms with van der Waals surface area (Å²) in [6, 6.07) is 4.50. The van der Waals surface area contributed by atoms with E-state index in [2.05, 4.69) is 10.5 Å². The van der Waals surface area contributed by atoms with Gasteiger partial charge < -0.3 is 14.8 Å². The molecular formula is C14H12N4O6. The summed E-state index contributed by atoms with van der Waals surface area (Å²) in [7, 11) is 1.48. The molecule has 0 aliphatic rings. The summed E-state index contributed by atoms with van der Waals surface area (Å²) in [6.07, 6.45) is 2.43. The van der Waals surface area contributed by atoms with Gasteiger partial charge in [0, 0.05) is 30.9 Å². The maximum Gasteiger partial charge on any atom is 0.311 e. The van der Waals surface area contributed by atoms with Crippen molar-refractivity contribution < 1.29 is 19.9 Å². The maximum absolute atomic E-state index is 11.9. The van der Waals surface area contributed by atoms with Crippen LogP contribution in [-0.4, -0.2) is 31.8 Å². The number of benzene rings is 1. The summed E-state index contributed by atoms with van der Waals surface area (Å²) < 4.78 is 1.22. The molecule has 3 N–H and O–H groups in total. The number of nitrogens with one attached hydrogen (secondary N) is 1. The molecule has 10 nitrogen and oxygen atoms in total. The molecule has 1 aromatic carbocycles. The van der Waals surface area contributed by atoms with Crippen molar-refractivity contribution in [3.8, 4) is 11.5 Å². The Morgan fingerprint density at radius 1 is 1.38 bits per heavy atom. The van der Waals surface area contributed by atoms with Gasteiger partial charge in [-0.3, -0.25) is 19.7 Å². The van der Waals surface area contributed by atoms with E-state index in [0.29, 0.717) is 0 Å². The van der Waals surface area contributed by atoms with Crippen LogP contribution in [0.25, 0.3) is 0 Å². The number of hydrogen-bond donors (Lipinski definition) is 3. The summed E-state index contributed by atoms with van der Waals surface area (Å²) in [5, 5.41) is 33.2. The molecule has 0 saturated carbocycles. The molecule has 0 aliphatic heterocycles. The van der Waals surface area contributed by atoms with Gasteiger partial charge in [0.05, 0.1) is 11.1 Å². The monoisotopic (exact) mass is 332 g/mol. The number of aromatic hydroxyl groups is 2. The summed E-state index contributed by atoms with van der Waals surface area (Å²) in [5.74, 6) is -1.95. The van der Waals surface area contributed by atoms with E-state index in [0.717, 1.165) is 18.3 Å². The topological polar surface area (TPSA) is 147 Å².